The fourth-order valence-corrected chi connectivity index (χ4v) is 2.49. The number of pyridine rings is 1. The van der Waals surface area contributed by atoms with Gasteiger partial charge in [-0.15, -0.1) is 0 Å². The molecule has 1 aromatic carbocycles. The Bertz CT molecular complexity index is 672. The maximum Gasteiger partial charge on any atom is 0.260 e. The third-order valence-electron chi connectivity index (χ3n) is 3.51. The van der Waals surface area contributed by atoms with Gasteiger partial charge in [0.1, 0.15) is 5.82 Å². The predicted molar refractivity (Wildman–Crippen MR) is 75.6 cm³/mol. The number of hydrogen-bond acceptors (Lipinski definition) is 3. The van der Waals surface area contributed by atoms with E-state index >= 15 is 0 Å². The number of carbonyl (C=O) groups excluding carboxylic acids is 1. The molecule has 20 heavy (non-hydrogen) atoms. The minimum atomic E-state index is -0.327. The molecule has 0 aliphatic carbocycles. The topological polar surface area (TPSA) is 45.2 Å². The number of anilines is 2. The lowest BCUT2D eigenvalue weighted by Gasteiger charge is -2.19. The van der Waals surface area contributed by atoms with Gasteiger partial charge >= 0.3 is 0 Å². The van der Waals surface area contributed by atoms with Gasteiger partial charge in [-0.05, 0) is 30.2 Å². The minimum absolute atomic E-state index is 0.138. The number of nitrogens with one attached hydrogen (secondary N) is 1. The molecule has 1 aliphatic heterocycles. The Morgan fingerprint density at radius 3 is 3.05 bits per heavy atom. The van der Waals surface area contributed by atoms with Crippen LogP contribution in [0, 0.1) is 5.82 Å². The average molecular weight is 271 g/mol. The van der Waals surface area contributed by atoms with Crippen molar-refractivity contribution in [2.75, 3.05) is 23.8 Å². The van der Waals surface area contributed by atoms with Crippen molar-refractivity contribution in [2.24, 2.45) is 0 Å². The smallest absolute Gasteiger partial charge is 0.260 e. The van der Waals surface area contributed by atoms with E-state index < -0.39 is 0 Å². The molecule has 0 radical (unpaired) electrons. The van der Waals surface area contributed by atoms with Crippen LogP contribution >= 0.6 is 0 Å². The largest absolute Gasteiger partial charge is 0.386 e. The number of fused-ring (bicyclic) bond motifs is 1. The summed E-state index contributed by atoms with van der Waals surface area (Å²) in [4.78, 5) is 18.2. The van der Waals surface area contributed by atoms with Crippen LogP contribution in [0.4, 0.5) is 15.8 Å². The monoisotopic (exact) mass is 271 g/mol. The molecule has 0 atom stereocenters. The van der Waals surface area contributed by atoms with Gasteiger partial charge in [-0.2, -0.15) is 0 Å². The number of benzene rings is 1. The van der Waals surface area contributed by atoms with Crippen LogP contribution in [0.3, 0.4) is 0 Å². The summed E-state index contributed by atoms with van der Waals surface area (Å²) in [6.45, 7) is 0.573. The van der Waals surface area contributed by atoms with E-state index in [4.69, 9.17) is 0 Å². The van der Waals surface area contributed by atoms with Gasteiger partial charge < -0.3 is 10.2 Å². The van der Waals surface area contributed by atoms with Gasteiger partial charge in [-0.25, -0.2) is 4.39 Å². The molecule has 1 aromatic heterocycles. The SMILES string of the molecule is CNc1cnccc1C(=O)N1CCc2ccc(F)cc21. The summed E-state index contributed by atoms with van der Waals surface area (Å²) in [5, 5.41) is 2.95. The number of amides is 1. The van der Waals surface area contributed by atoms with Gasteiger partial charge in [0.2, 0.25) is 0 Å². The van der Waals surface area contributed by atoms with Crippen molar-refractivity contribution < 1.29 is 9.18 Å². The highest BCUT2D eigenvalue weighted by atomic mass is 19.1. The third kappa shape index (κ3) is 2.01. The van der Waals surface area contributed by atoms with E-state index in [2.05, 4.69) is 10.3 Å². The normalized spacial score (nSPS) is 13.2. The number of hydrogen-bond donors (Lipinski definition) is 1. The van der Waals surface area contributed by atoms with Crippen LogP contribution in [0.15, 0.2) is 36.7 Å². The Labute approximate surface area is 116 Å². The van der Waals surface area contributed by atoms with E-state index in [0.717, 1.165) is 12.0 Å². The fourth-order valence-electron chi connectivity index (χ4n) is 2.49. The zero-order valence-electron chi connectivity index (χ0n) is 11.1. The maximum absolute atomic E-state index is 13.4. The predicted octanol–water partition coefficient (Wildman–Crippen LogP) is 2.47. The van der Waals surface area contributed by atoms with Crippen LogP contribution in [0.25, 0.3) is 0 Å². The van der Waals surface area contributed by atoms with E-state index in [0.29, 0.717) is 23.5 Å². The molecule has 0 saturated carbocycles. The first-order valence-electron chi connectivity index (χ1n) is 6.43. The molecule has 2 aromatic rings. The molecule has 1 amide bonds. The molecule has 0 saturated heterocycles. The summed E-state index contributed by atoms with van der Waals surface area (Å²) >= 11 is 0. The highest BCUT2D eigenvalue weighted by molar-refractivity contribution is 6.10. The fraction of sp³-hybridized carbons (Fsp3) is 0.200. The molecule has 0 bridgehead atoms. The Hall–Kier alpha value is -2.43. The number of rotatable bonds is 2. The van der Waals surface area contributed by atoms with Gasteiger partial charge in [-0.3, -0.25) is 9.78 Å². The molecule has 0 fully saturated rings. The van der Waals surface area contributed by atoms with Crippen LogP contribution in [0.1, 0.15) is 15.9 Å². The Morgan fingerprint density at radius 2 is 2.25 bits per heavy atom. The first kappa shape index (κ1) is 12.6. The van der Waals surface area contributed by atoms with Crippen molar-refractivity contribution in [1.82, 2.24) is 4.98 Å². The Balaban J connectivity index is 2.00. The van der Waals surface area contributed by atoms with E-state index in [1.165, 1.54) is 12.1 Å². The molecule has 1 N–H and O–H groups in total. The van der Waals surface area contributed by atoms with E-state index in [1.54, 1.807) is 36.5 Å². The van der Waals surface area contributed by atoms with Crippen molar-refractivity contribution in [3.8, 4) is 0 Å². The molecule has 3 rings (SSSR count). The first-order valence-corrected chi connectivity index (χ1v) is 6.43. The zero-order valence-corrected chi connectivity index (χ0v) is 11.1. The summed E-state index contributed by atoms with van der Waals surface area (Å²) < 4.78 is 13.4. The number of carbonyl (C=O) groups is 1. The second-order valence-corrected chi connectivity index (χ2v) is 4.65. The van der Waals surface area contributed by atoms with Crippen molar-refractivity contribution in [2.45, 2.75) is 6.42 Å². The Morgan fingerprint density at radius 1 is 1.40 bits per heavy atom. The van der Waals surface area contributed by atoms with Gasteiger partial charge in [-0.1, -0.05) is 6.07 Å². The quantitative estimate of drug-likeness (QED) is 0.912. The van der Waals surface area contributed by atoms with Crippen LogP contribution in [0.5, 0.6) is 0 Å². The molecule has 2 heterocycles. The molecule has 4 nitrogen and oxygen atoms in total. The number of aromatic nitrogens is 1. The minimum Gasteiger partial charge on any atom is -0.386 e. The molecule has 0 unspecified atom stereocenters. The summed E-state index contributed by atoms with van der Waals surface area (Å²) in [6.07, 6.45) is 3.94. The lowest BCUT2D eigenvalue weighted by molar-refractivity contribution is 0.0990. The van der Waals surface area contributed by atoms with Gasteiger partial charge in [0.15, 0.2) is 0 Å². The molecule has 1 aliphatic rings. The van der Waals surface area contributed by atoms with E-state index in [-0.39, 0.29) is 11.7 Å². The Kier molecular flexibility index (Phi) is 3.10. The summed E-state index contributed by atoms with van der Waals surface area (Å²) in [7, 11) is 1.74. The van der Waals surface area contributed by atoms with Crippen LogP contribution in [-0.2, 0) is 6.42 Å². The van der Waals surface area contributed by atoms with E-state index in [9.17, 15) is 9.18 Å². The zero-order chi connectivity index (χ0) is 14.1. The lowest BCUT2D eigenvalue weighted by Crippen LogP contribution is -2.29. The summed E-state index contributed by atoms with van der Waals surface area (Å²) in [6, 6.07) is 6.26. The number of nitrogens with zero attached hydrogens (tertiary/aromatic N) is 2. The maximum atomic E-state index is 13.4. The average Bonchev–Trinajstić information content (AvgIpc) is 2.89. The van der Waals surface area contributed by atoms with Gasteiger partial charge in [0.25, 0.3) is 5.91 Å². The summed E-state index contributed by atoms with van der Waals surface area (Å²) in [5.74, 6) is -0.465. The first-order chi connectivity index (χ1) is 9.70. The molecular formula is C15H14FN3O. The molecular weight excluding hydrogens is 257 g/mol. The molecule has 0 spiro atoms. The second kappa shape index (κ2) is 4.92. The highest BCUT2D eigenvalue weighted by Crippen LogP contribution is 2.31. The van der Waals surface area contributed by atoms with Crippen LogP contribution in [0.2, 0.25) is 0 Å². The third-order valence-corrected chi connectivity index (χ3v) is 3.51. The molecule has 5 heteroatoms. The van der Waals surface area contributed by atoms with Crippen molar-refractivity contribution in [1.29, 1.82) is 0 Å². The van der Waals surface area contributed by atoms with Crippen LogP contribution in [-0.4, -0.2) is 24.5 Å². The van der Waals surface area contributed by atoms with Crippen LogP contribution < -0.4 is 10.2 Å². The standard InChI is InChI=1S/C15H14FN3O/c1-17-13-9-18-6-4-12(13)15(20)19-7-5-10-2-3-11(16)8-14(10)19/h2-4,6,8-9,17H,5,7H2,1H3. The second-order valence-electron chi connectivity index (χ2n) is 4.65. The number of halogens is 1. The summed E-state index contributed by atoms with van der Waals surface area (Å²) in [5.41, 5.74) is 2.87. The highest BCUT2D eigenvalue weighted by Gasteiger charge is 2.27. The van der Waals surface area contributed by atoms with Crippen molar-refractivity contribution in [3.05, 3.63) is 53.6 Å². The van der Waals surface area contributed by atoms with E-state index in [1.807, 2.05) is 0 Å². The van der Waals surface area contributed by atoms with Gasteiger partial charge in [0.05, 0.1) is 23.1 Å². The molecule has 102 valence electrons. The van der Waals surface area contributed by atoms with Crippen molar-refractivity contribution in [3.63, 3.8) is 0 Å². The van der Waals surface area contributed by atoms with Gasteiger partial charge in [0, 0.05) is 19.8 Å². The van der Waals surface area contributed by atoms with Crippen molar-refractivity contribution >= 4 is 17.3 Å². The lowest BCUT2D eigenvalue weighted by atomic mass is 10.1.